The van der Waals surface area contributed by atoms with Gasteiger partial charge in [0, 0.05) is 0 Å². The Morgan fingerprint density at radius 2 is 1.50 bits per heavy atom. The Morgan fingerprint density at radius 1 is 1.00 bits per heavy atom. The van der Waals surface area contributed by atoms with Crippen molar-refractivity contribution in [3.8, 4) is 0 Å². The molecule has 0 heterocycles. The molecule has 0 amide bonds. The third kappa shape index (κ3) is 1.16. The fraction of sp³-hybridized carbons (Fsp3) is 1.00. The van der Waals surface area contributed by atoms with Gasteiger partial charge in [0.05, 0.1) is 0 Å². The van der Waals surface area contributed by atoms with Crippen LogP contribution in [0.3, 0.4) is 0 Å². The molecule has 0 saturated heterocycles. The summed E-state index contributed by atoms with van der Waals surface area (Å²) in [5, 5.41) is 10.1. The van der Waals surface area contributed by atoms with Crippen LogP contribution in [-0.4, -0.2) is 29.1 Å². The van der Waals surface area contributed by atoms with Gasteiger partial charge in [-0.15, -0.1) is 0 Å². The molecule has 0 aromatic heterocycles. The second kappa shape index (κ2) is 2.41. The van der Waals surface area contributed by atoms with E-state index in [9.17, 15) is 5.11 Å². The molecular weight excluding hydrogens is 255 g/mol. The van der Waals surface area contributed by atoms with E-state index in [0.29, 0.717) is 3.43 Å². The van der Waals surface area contributed by atoms with Crippen LogP contribution in [0.4, 0.5) is 0 Å². The fourth-order valence-electron chi connectivity index (χ4n) is 3.19. The van der Waals surface area contributed by atoms with Crippen molar-refractivity contribution in [2.45, 2.75) is 56.0 Å². The van der Waals surface area contributed by atoms with Crippen molar-refractivity contribution in [3.05, 3.63) is 0 Å². The molecule has 0 aromatic rings. The van der Waals surface area contributed by atoms with Gasteiger partial charge in [-0.3, -0.25) is 0 Å². The van der Waals surface area contributed by atoms with Gasteiger partial charge in [0.2, 0.25) is 0 Å². The first-order valence-corrected chi connectivity index (χ1v) is 15.1. The van der Waals surface area contributed by atoms with Gasteiger partial charge in [-0.25, -0.2) is 0 Å². The van der Waals surface area contributed by atoms with Crippen molar-refractivity contribution >= 4 is 18.4 Å². The van der Waals surface area contributed by atoms with Crippen molar-refractivity contribution < 1.29 is 5.11 Å². The number of rotatable bonds is 1. The minimum atomic E-state index is -1.77. The van der Waals surface area contributed by atoms with Crippen molar-refractivity contribution in [1.29, 1.82) is 0 Å². The predicted octanol–water partition coefficient (Wildman–Crippen LogP) is 2.77. The summed E-state index contributed by atoms with van der Waals surface area (Å²) in [6.45, 7) is 0. The van der Waals surface area contributed by atoms with E-state index in [-0.39, 0.29) is 5.60 Å². The summed E-state index contributed by atoms with van der Waals surface area (Å²) in [6.07, 6.45) is 6.02. The average molecular weight is 275 g/mol. The van der Waals surface area contributed by atoms with E-state index in [0.717, 1.165) is 19.3 Å². The quantitative estimate of drug-likeness (QED) is 0.729. The average Bonchev–Trinajstić information content (AvgIpc) is 2.40. The maximum absolute atomic E-state index is 10.1. The van der Waals surface area contributed by atoms with Crippen LogP contribution >= 0.6 is 0 Å². The van der Waals surface area contributed by atoms with Crippen LogP contribution in [0.1, 0.15) is 32.1 Å². The summed E-state index contributed by atoms with van der Waals surface area (Å²) >= 11 is -1.77. The van der Waals surface area contributed by atoms with Gasteiger partial charge in [-0.05, 0) is 0 Å². The molecule has 1 nitrogen and oxygen atoms in total. The molecule has 12 heavy (non-hydrogen) atoms. The van der Waals surface area contributed by atoms with Gasteiger partial charge in [0.25, 0.3) is 0 Å². The van der Waals surface area contributed by atoms with E-state index in [1.807, 2.05) is 0 Å². The Labute approximate surface area is 79.4 Å². The SMILES string of the molecule is [CH3][Sn]([CH3])([CH3])[C]12CCC(O)(CC1)C2. The summed E-state index contributed by atoms with van der Waals surface area (Å²) in [5.74, 6) is 0. The first-order valence-electron chi connectivity index (χ1n) is 5.09. The zero-order valence-corrected chi connectivity index (χ0v) is 11.3. The molecule has 1 N–H and O–H groups in total. The van der Waals surface area contributed by atoms with Crippen LogP contribution in [0.25, 0.3) is 0 Å². The molecule has 2 bridgehead atoms. The molecule has 70 valence electrons. The summed E-state index contributed by atoms with van der Waals surface area (Å²) in [5.41, 5.74) is -0.218. The van der Waals surface area contributed by atoms with Gasteiger partial charge in [0.15, 0.2) is 0 Å². The van der Waals surface area contributed by atoms with Gasteiger partial charge >= 0.3 is 79.4 Å². The fourth-order valence-corrected chi connectivity index (χ4v) is 10.6. The molecule has 0 spiro atoms. The zero-order valence-electron chi connectivity index (χ0n) is 8.48. The Hall–Kier alpha value is 0.759. The first-order chi connectivity index (χ1) is 5.37. The summed E-state index contributed by atoms with van der Waals surface area (Å²) in [7, 11) is 0. The number of aliphatic hydroxyl groups is 1. The molecule has 2 aliphatic carbocycles. The maximum atomic E-state index is 10.1. The van der Waals surface area contributed by atoms with Crippen LogP contribution in [0, 0.1) is 0 Å². The van der Waals surface area contributed by atoms with Gasteiger partial charge in [-0.1, -0.05) is 0 Å². The van der Waals surface area contributed by atoms with E-state index >= 15 is 0 Å². The number of hydrogen-bond donors (Lipinski definition) is 1. The first kappa shape index (κ1) is 9.32. The molecule has 0 aliphatic heterocycles. The van der Waals surface area contributed by atoms with E-state index < -0.39 is 18.4 Å². The zero-order chi connectivity index (χ0) is 9.04. The Morgan fingerprint density at radius 3 is 1.67 bits per heavy atom. The minimum absolute atomic E-state index is 0.218. The summed E-state index contributed by atoms with van der Waals surface area (Å²) in [6, 6.07) is 0. The van der Waals surface area contributed by atoms with Crippen LogP contribution in [0.5, 0.6) is 0 Å². The summed E-state index contributed by atoms with van der Waals surface area (Å²) < 4.78 is 0.670. The van der Waals surface area contributed by atoms with E-state index in [1.165, 1.54) is 12.8 Å². The molecule has 2 saturated carbocycles. The molecule has 2 fully saturated rings. The standard InChI is InChI=1S/C7H11O.3CH3.Sn/c8-7-3-1-6(5-7)2-4-7;;;;/h8H,1-5H2;3*1H3;. The van der Waals surface area contributed by atoms with E-state index in [1.54, 1.807) is 0 Å². The second-order valence-electron chi connectivity index (χ2n) is 5.93. The molecule has 2 rings (SSSR count). The van der Waals surface area contributed by atoms with Crippen LogP contribution in [-0.2, 0) is 0 Å². The van der Waals surface area contributed by atoms with Crippen molar-refractivity contribution in [2.24, 2.45) is 0 Å². The third-order valence-corrected chi connectivity index (χ3v) is 15.4. The van der Waals surface area contributed by atoms with E-state index in [2.05, 4.69) is 14.8 Å². The Bertz CT molecular complexity index is 196. The van der Waals surface area contributed by atoms with Crippen molar-refractivity contribution in [1.82, 2.24) is 0 Å². The number of fused-ring (bicyclic) bond motifs is 2. The summed E-state index contributed by atoms with van der Waals surface area (Å²) in [4.78, 5) is 7.60. The Balaban J connectivity index is 2.27. The number of hydrogen-bond acceptors (Lipinski definition) is 1. The van der Waals surface area contributed by atoms with Crippen LogP contribution in [0.15, 0.2) is 0 Å². The molecule has 2 heteroatoms. The molecule has 0 aromatic carbocycles. The molecule has 0 unspecified atom stereocenters. The molecule has 0 atom stereocenters. The third-order valence-electron chi connectivity index (χ3n) is 4.40. The van der Waals surface area contributed by atoms with Gasteiger partial charge < -0.3 is 0 Å². The molecule has 0 radical (unpaired) electrons. The van der Waals surface area contributed by atoms with Crippen LogP contribution in [0.2, 0.25) is 18.2 Å². The normalized spacial score (nSPS) is 47.0. The predicted molar refractivity (Wildman–Crippen MR) is 54.1 cm³/mol. The van der Waals surface area contributed by atoms with Gasteiger partial charge in [-0.2, -0.15) is 0 Å². The molecular formula is C10H20OSn. The van der Waals surface area contributed by atoms with E-state index in [4.69, 9.17) is 0 Å². The second-order valence-corrected chi connectivity index (χ2v) is 21.8. The van der Waals surface area contributed by atoms with Crippen molar-refractivity contribution in [2.75, 3.05) is 0 Å². The molecule has 2 aliphatic rings. The topological polar surface area (TPSA) is 20.2 Å². The van der Waals surface area contributed by atoms with Gasteiger partial charge in [0.1, 0.15) is 0 Å². The van der Waals surface area contributed by atoms with Crippen LogP contribution < -0.4 is 0 Å². The monoisotopic (exact) mass is 276 g/mol. The van der Waals surface area contributed by atoms with Crippen molar-refractivity contribution in [3.63, 3.8) is 0 Å². The Kier molecular flexibility index (Phi) is 1.87.